The van der Waals surface area contributed by atoms with Crippen LogP contribution in [0.15, 0.2) is 82.2 Å². The molecule has 5 rings (SSSR count). The summed E-state index contributed by atoms with van der Waals surface area (Å²) in [6, 6.07) is 21.4. The number of ether oxygens (including phenoxy) is 2. The van der Waals surface area contributed by atoms with Crippen molar-refractivity contribution in [2.45, 2.75) is 26.5 Å². The molecule has 1 aliphatic heterocycles. The number of rotatable bonds is 9. The maximum absolute atomic E-state index is 13.0. The van der Waals surface area contributed by atoms with Gasteiger partial charge >= 0.3 is 0 Å². The lowest BCUT2D eigenvalue weighted by Gasteiger charge is -2.35. The number of fused-ring (bicyclic) bond motifs is 1. The first kappa shape index (κ1) is 26.0. The van der Waals surface area contributed by atoms with Crippen LogP contribution in [-0.2, 0) is 6.54 Å². The van der Waals surface area contributed by atoms with Gasteiger partial charge in [-0.3, -0.25) is 14.6 Å². The van der Waals surface area contributed by atoms with Crippen molar-refractivity contribution in [3.8, 4) is 17.2 Å². The van der Waals surface area contributed by atoms with E-state index in [-0.39, 0.29) is 17.8 Å². The molecule has 1 aromatic heterocycles. The van der Waals surface area contributed by atoms with Crippen LogP contribution in [0.2, 0.25) is 0 Å². The van der Waals surface area contributed by atoms with Crippen molar-refractivity contribution in [1.82, 2.24) is 9.80 Å². The van der Waals surface area contributed by atoms with Gasteiger partial charge in [0.05, 0.1) is 5.39 Å². The van der Waals surface area contributed by atoms with Gasteiger partial charge in [-0.05, 0) is 54.8 Å². The number of hydrogen-bond donors (Lipinski definition) is 1. The third kappa shape index (κ3) is 6.61. The van der Waals surface area contributed by atoms with Crippen molar-refractivity contribution in [1.29, 1.82) is 0 Å². The van der Waals surface area contributed by atoms with Crippen LogP contribution in [-0.4, -0.2) is 60.3 Å². The summed E-state index contributed by atoms with van der Waals surface area (Å²) in [5, 5.41) is 11.0. The maximum Gasteiger partial charge on any atom is 0.235 e. The third-order valence-electron chi connectivity index (χ3n) is 6.76. The topological polar surface area (TPSA) is 75.4 Å². The second kappa shape index (κ2) is 11.8. The van der Waals surface area contributed by atoms with E-state index < -0.39 is 6.10 Å². The molecule has 1 N–H and O–H groups in total. The van der Waals surface area contributed by atoms with E-state index in [0.29, 0.717) is 29.0 Å². The van der Waals surface area contributed by atoms with Crippen molar-refractivity contribution in [2.24, 2.45) is 0 Å². The number of hydrogen-bond acceptors (Lipinski definition) is 7. The highest BCUT2D eigenvalue weighted by molar-refractivity contribution is 5.79. The zero-order valence-corrected chi connectivity index (χ0v) is 21.9. The number of nitrogens with zero attached hydrogens (tertiary/aromatic N) is 2. The highest BCUT2D eigenvalue weighted by Crippen LogP contribution is 2.25. The molecule has 0 spiro atoms. The van der Waals surface area contributed by atoms with Gasteiger partial charge < -0.3 is 19.0 Å². The molecule has 198 valence electrons. The molecule has 0 bridgehead atoms. The van der Waals surface area contributed by atoms with Crippen molar-refractivity contribution in [3.05, 3.63) is 99.9 Å². The molecular weight excluding hydrogens is 480 g/mol. The van der Waals surface area contributed by atoms with Gasteiger partial charge in [0.25, 0.3) is 0 Å². The minimum Gasteiger partial charge on any atom is -0.491 e. The zero-order chi connectivity index (χ0) is 26.5. The zero-order valence-electron chi connectivity index (χ0n) is 21.9. The summed E-state index contributed by atoms with van der Waals surface area (Å²) in [6.07, 6.45) is 0.713. The van der Waals surface area contributed by atoms with Crippen LogP contribution in [0, 0.1) is 13.8 Å². The van der Waals surface area contributed by atoms with Gasteiger partial charge in [0.15, 0.2) is 0 Å². The molecule has 2 heterocycles. The first-order valence-electron chi connectivity index (χ1n) is 13.0. The molecule has 3 aromatic carbocycles. The Balaban J connectivity index is 1.13. The summed E-state index contributed by atoms with van der Waals surface area (Å²) >= 11 is 0. The fourth-order valence-corrected chi connectivity index (χ4v) is 4.88. The van der Waals surface area contributed by atoms with Gasteiger partial charge in [0.2, 0.25) is 11.2 Å². The second-order valence-corrected chi connectivity index (χ2v) is 10.0. The van der Waals surface area contributed by atoms with Gasteiger partial charge in [0.1, 0.15) is 36.1 Å². The molecular formula is C31H34N2O5. The van der Waals surface area contributed by atoms with Crippen LogP contribution >= 0.6 is 0 Å². The smallest absolute Gasteiger partial charge is 0.235 e. The summed E-state index contributed by atoms with van der Waals surface area (Å²) in [4.78, 5) is 17.7. The molecule has 0 unspecified atom stereocenters. The number of piperazine rings is 1. The summed E-state index contributed by atoms with van der Waals surface area (Å²) in [6.45, 7) is 9.41. The van der Waals surface area contributed by atoms with Crippen molar-refractivity contribution in [2.75, 3.05) is 39.3 Å². The fourth-order valence-electron chi connectivity index (χ4n) is 4.88. The SMILES string of the molecule is Cc1cc(C)cc(Oc2coc3cc(OC[C@H](O)CN4CCN(Cc5ccccc5)CC4)ccc3c2=O)c1. The van der Waals surface area contributed by atoms with E-state index in [1.54, 1.807) is 18.2 Å². The Morgan fingerprint density at radius 2 is 1.61 bits per heavy atom. The Morgan fingerprint density at radius 1 is 0.895 bits per heavy atom. The van der Waals surface area contributed by atoms with Crippen molar-refractivity contribution in [3.63, 3.8) is 0 Å². The summed E-state index contributed by atoms with van der Waals surface area (Å²) < 4.78 is 17.3. The molecule has 4 aromatic rings. The summed E-state index contributed by atoms with van der Waals surface area (Å²) in [5.74, 6) is 1.27. The standard InChI is InChI=1S/C31H34N2O5/c1-22-14-23(2)16-27(15-22)38-30-21-37-29-17-26(8-9-28(29)31(30)35)36-20-25(34)19-33-12-10-32(11-13-33)18-24-6-4-3-5-7-24/h3-9,14-17,21,25,34H,10-13,18-20H2,1-2H3/t25-/m1/s1. The molecule has 7 nitrogen and oxygen atoms in total. The normalized spacial score (nSPS) is 15.4. The van der Waals surface area contributed by atoms with E-state index in [0.717, 1.165) is 43.9 Å². The van der Waals surface area contributed by atoms with E-state index >= 15 is 0 Å². The molecule has 38 heavy (non-hydrogen) atoms. The first-order valence-corrected chi connectivity index (χ1v) is 13.0. The first-order chi connectivity index (χ1) is 18.4. The van der Waals surface area contributed by atoms with Crippen molar-refractivity contribution >= 4 is 11.0 Å². The quantitative estimate of drug-likeness (QED) is 0.345. The van der Waals surface area contributed by atoms with E-state index in [1.165, 1.54) is 11.8 Å². The molecule has 0 aliphatic carbocycles. The summed E-state index contributed by atoms with van der Waals surface area (Å²) in [7, 11) is 0. The van der Waals surface area contributed by atoms with E-state index in [2.05, 4.69) is 34.1 Å². The minimum absolute atomic E-state index is 0.135. The Bertz CT molecular complexity index is 1410. The number of aryl methyl sites for hydroxylation is 2. The lowest BCUT2D eigenvalue weighted by Crippen LogP contribution is -2.48. The third-order valence-corrected chi connectivity index (χ3v) is 6.76. The predicted molar refractivity (Wildman–Crippen MR) is 148 cm³/mol. The highest BCUT2D eigenvalue weighted by Gasteiger charge is 2.20. The number of β-amino-alcohol motifs (C(OH)–C–C–N with tert-alkyl or cyclic N) is 1. The minimum atomic E-state index is -0.619. The van der Waals surface area contributed by atoms with Crippen LogP contribution in [0.5, 0.6) is 17.2 Å². The van der Waals surface area contributed by atoms with E-state index in [1.807, 2.05) is 38.1 Å². The van der Waals surface area contributed by atoms with Gasteiger partial charge in [-0.25, -0.2) is 0 Å². The molecule has 0 radical (unpaired) electrons. The Morgan fingerprint density at radius 3 is 2.34 bits per heavy atom. The molecule has 1 aliphatic rings. The van der Waals surface area contributed by atoms with Gasteiger partial charge in [-0.2, -0.15) is 0 Å². The molecule has 1 fully saturated rings. The predicted octanol–water partition coefficient (Wildman–Crippen LogP) is 4.76. The Hall–Kier alpha value is -3.65. The Kier molecular flexibility index (Phi) is 8.08. The Labute approximate surface area is 222 Å². The van der Waals surface area contributed by atoms with Crippen LogP contribution in [0.3, 0.4) is 0 Å². The number of benzene rings is 3. The van der Waals surface area contributed by atoms with Gasteiger partial charge in [-0.1, -0.05) is 36.4 Å². The average Bonchev–Trinajstić information content (AvgIpc) is 2.90. The van der Waals surface area contributed by atoms with E-state index in [9.17, 15) is 9.90 Å². The lowest BCUT2D eigenvalue weighted by molar-refractivity contribution is 0.0446. The summed E-state index contributed by atoms with van der Waals surface area (Å²) in [5.41, 5.74) is 3.59. The monoisotopic (exact) mass is 514 g/mol. The number of aliphatic hydroxyl groups excluding tert-OH is 1. The van der Waals surface area contributed by atoms with Crippen molar-refractivity contribution < 1.29 is 19.0 Å². The van der Waals surface area contributed by atoms with Gasteiger partial charge in [-0.15, -0.1) is 0 Å². The molecule has 1 atom stereocenters. The second-order valence-electron chi connectivity index (χ2n) is 10.0. The molecule has 7 heteroatoms. The van der Waals surface area contributed by atoms with Crippen LogP contribution < -0.4 is 14.9 Å². The maximum atomic E-state index is 13.0. The lowest BCUT2D eigenvalue weighted by atomic mass is 10.1. The van der Waals surface area contributed by atoms with Crippen LogP contribution in [0.1, 0.15) is 16.7 Å². The highest BCUT2D eigenvalue weighted by atomic mass is 16.5. The molecule has 1 saturated heterocycles. The van der Waals surface area contributed by atoms with E-state index in [4.69, 9.17) is 13.9 Å². The van der Waals surface area contributed by atoms with Gasteiger partial charge in [0, 0.05) is 45.3 Å². The van der Waals surface area contributed by atoms with Crippen LogP contribution in [0.4, 0.5) is 0 Å². The van der Waals surface area contributed by atoms with Crippen LogP contribution in [0.25, 0.3) is 11.0 Å². The fraction of sp³-hybridized carbons (Fsp3) is 0.323. The number of aliphatic hydroxyl groups is 1. The molecule has 0 amide bonds. The molecule has 0 saturated carbocycles. The average molecular weight is 515 g/mol. The largest absolute Gasteiger partial charge is 0.491 e.